The molecule has 3 rings (SSSR count). The summed E-state index contributed by atoms with van der Waals surface area (Å²) >= 11 is 0. The van der Waals surface area contributed by atoms with E-state index in [0.29, 0.717) is 18.5 Å². The van der Waals surface area contributed by atoms with Gasteiger partial charge in [-0.1, -0.05) is 43.2 Å². The molecule has 0 spiro atoms. The highest BCUT2D eigenvalue weighted by Gasteiger charge is 2.42. The number of nitrogens with one attached hydrogen (secondary N) is 2. The standard InChI is InChI=1S/C19H22N2O3/c1-19(12-6-5-9-14(19)18(23)24)21-17(22)16-11-10-15(20-16)13-7-3-2-4-8-13/h2-4,7-8,10-11,14,20H,5-6,9,12H2,1H3,(H,21,22)(H,23,24). The Morgan fingerprint density at radius 1 is 1.17 bits per heavy atom. The molecule has 24 heavy (non-hydrogen) atoms. The molecule has 0 bridgehead atoms. The van der Waals surface area contributed by atoms with Crippen molar-refractivity contribution in [2.24, 2.45) is 5.92 Å². The smallest absolute Gasteiger partial charge is 0.308 e. The van der Waals surface area contributed by atoms with E-state index >= 15 is 0 Å². The van der Waals surface area contributed by atoms with Gasteiger partial charge in [0.25, 0.3) is 5.91 Å². The Morgan fingerprint density at radius 2 is 1.92 bits per heavy atom. The second-order valence-corrected chi connectivity index (χ2v) is 6.66. The Kier molecular flexibility index (Phi) is 4.42. The number of amides is 1. The first-order chi connectivity index (χ1) is 11.5. The SMILES string of the molecule is CC1(NC(=O)c2ccc(-c3ccccc3)[nH]2)CCCCC1C(=O)O. The lowest BCUT2D eigenvalue weighted by Crippen LogP contribution is -2.55. The van der Waals surface area contributed by atoms with E-state index in [2.05, 4.69) is 10.3 Å². The number of aromatic nitrogens is 1. The molecule has 126 valence electrons. The number of carbonyl (C=O) groups is 2. The van der Waals surface area contributed by atoms with E-state index in [4.69, 9.17) is 0 Å². The average Bonchev–Trinajstić information content (AvgIpc) is 3.05. The normalized spacial score (nSPS) is 23.6. The number of benzene rings is 1. The van der Waals surface area contributed by atoms with Crippen LogP contribution in [0.4, 0.5) is 0 Å². The number of carbonyl (C=O) groups excluding carboxylic acids is 1. The van der Waals surface area contributed by atoms with Crippen LogP contribution in [0.3, 0.4) is 0 Å². The molecule has 1 aromatic carbocycles. The number of aliphatic carboxylic acids is 1. The third kappa shape index (κ3) is 3.20. The lowest BCUT2D eigenvalue weighted by Gasteiger charge is -2.39. The van der Waals surface area contributed by atoms with Gasteiger partial charge in [0.1, 0.15) is 5.69 Å². The molecule has 0 aliphatic heterocycles. The fourth-order valence-corrected chi connectivity index (χ4v) is 3.52. The molecule has 1 aromatic heterocycles. The van der Waals surface area contributed by atoms with Gasteiger partial charge in [-0.25, -0.2) is 0 Å². The Bertz CT molecular complexity index is 738. The maximum absolute atomic E-state index is 12.6. The molecular weight excluding hydrogens is 304 g/mol. The van der Waals surface area contributed by atoms with Crippen LogP contribution in [0.2, 0.25) is 0 Å². The van der Waals surface area contributed by atoms with E-state index in [1.807, 2.05) is 43.3 Å². The summed E-state index contributed by atoms with van der Waals surface area (Å²) in [7, 11) is 0. The van der Waals surface area contributed by atoms with Gasteiger partial charge in [0.05, 0.1) is 11.5 Å². The van der Waals surface area contributed by atoms with Crippen LogP contribution in [-0.2, 0) is 4.79 Å². The predicted octanol–water partition coefficient (Wildman–Crippen LogP) is 3.45. The van der Waals surface area contributed by atoms with Crippen molar-refractivity contribution in [1.29, 1.82) is 0 Å². The first-order valence-corrected chi connectivity index (χ1v) is 8.29. The van der Waals surface area contributed by atoms with E-state index < -0.39 is 17.4 Å². The number of carboxylic acids is 1. The molecule has 1 aliphatic rings. The molecule has 1 saturated carbocycles. The summed E-state index contributed by atoms with van der Waals surface area (Å²) in [4.78, 5) is 27.2. The number of H-pyrrole nitrogens is 1. The number of hydrogen-bond donors (Lipinski definition) is 3. The second kappa shape index (κ2) is 6.51. The zero-order valence-corrected chi connectivity index (χ0v) is 13.7. The van der Waals surface area contributed by atoms with Crippen LogP contribution in [0.1, 0.15) is 43.1 Å². The minimum atomic E-state index is -0.839. The van der Waals surface area contributed by atoms with Gasteiger partial charge in [-0.3, -0.25) is 9.59 Å². The van der Waals surface area contributed by atoms with Crippen molar-refractivity contribution in [3.05, 3.63) is 48.2 Å². The lowest BCUT2D eigenvalue weighted by molar-refractivity contribution is -0.145. The maximum atomic E-state index is 12.6. The molecule has 3 N–H and O–H groups in total. The summed E-state index contributed by atoms with van der Waals surface area (Å²) in [5.41, 5.74) is 1.61. The fourth-order valence-electron chi connectivity index (χ4n) is 3.52. The van der Waals surface area contributed by atoms with Gasteiger partial charge in [0.15, 0.2) is 0 Å². The minimum Gasteiger partial charge on any atom is -0.481 e. The Hall–Kier alpha value is -2.56. The van der Waals surface area contributed by atoms with E-state index in [-0.39, 0.29) is 5.91 Å². The summed E-state index contributed by atoms with van der Waals surface area (Å²) in [5.74, 6) is -1.64. The first-order valence-electron chi connectivity index (χ1n) is 8.29. The van der Waals surface area contributed by atoms with Gasteiger partial charge in [-0.2, -0.15) is 0 Å². The molecule has 2 aromatic rings. The number of rotatable bonds is 4. The van der Waals surface area contributed by atoms with Crippen molar-refractivity contribution in [3.63, 3.8) is 0 Å². The van der Waals surface area contributed by atoms with Gasteiger partial charge >= 0.3 is 5.97 Å². The average molecular weight is 326 g/mol. The van der Waals surface area contributed by atoms with Crippen LogP contribution in [0.5, 0.6) is 0 Å². The van der Waals surface area contributed by atoms with E-state index in [0.717, 1.165) is 24.1 Å². The highest BCUT2D eigenvalue weighted by molar-refractivity contribution is 5.94. The minimum absolute atomic E-state index is 0.257. The maximum Gasteiger partial charge on any atom is 0.308 e. The van der Waals surface area contributed by atoms with Crippen molar-refractivity contribution in [1.82, 2.24) is 10.3 Å². The molecule has 0 saturated heterocycles. The molecular formula is C19H22N2O3. The van der Waals surface area contributed by atoms with E-state index in [1.54, 1.807) is 6.07 Å². The molecule has 2 unspecified atom stereocenters. The van der Waals surface area contributed by atoms with Crippen molar-refractivity contribution in [3.8, 4) is 11.3 Å². The molecule has 1 heterocycles. The molecule has 1 fully saturated rings. The third-order valence-electron chi connectivity index (χ3n) is 4.92. The number of aromatic amines is 1. The van der Waals surface area contributed by atoms with Crippen molar-refractivity contribution < 1.29 is 14.7 Å². The topological polar surface area (TPSA) is 82.2 Å². The summed E-state index contributed by atoms with van der Waals surface area (Å²) in [6.45, 7) is 1.84. The van der Waals surface area contributed by atoms with Crippen LogP contribution in [0, 0.1) is 5.92 Å². The van der Waals surface area contributed by atoms with Gasteiger partial charge < -0.3 is 15.4 Å². The van der Waals surface area contributed by atoms with Gasteiger partial charge in [0, 0.05) is 5.69 Å². The van der Waals surface area contributed by atoms with Gasteiger partial charge in [-0.05, 0) is 37.5 Å². The predicted molar refractivity (Wildman–Crippen MR) is 91.7 cm³/mol. The molecule has 5 nitrogen and oxygen atoms in total. The molecule has 5 heteroatoms. The number of carboxylic acid groups (broad SMARTS) is 1. The zero-order valence-electron chi connectivity index (χ0n) is 13.7. The summed E-state index contributed by atoms with van der Waals surface area (Å²) < 4.78 is 0. The monoisotopic (exact) mass is 326 g/mol. The lowest BCUT2D eigenvalue weighted by atomic mass is 9.74. The molecule has 1 aliphatic carbocycles. The molecule has 0 radical (unpaired) electrons. The summed E-state index contributed by atoms with van der Waals surface area (Å²) in [6, 6.07) is 13.4. The van der Waals surface area contributed by atoms with Crippen LogP contribution in [-0.4, -0.2) is 27.5 Å². The molecule has 1 amide bonds. The Labute approximate surface area is 141 Å². The van der Waals surface area contributed by atoms with Crippen LogP contribution in [0.15, 0.2) is 42.5 Å². The van der Waals surface area contributed by atoms with Crippen molar-refractivity contribution in [2.45, 2.75) is 38.1 Å². The highest BCUT2D eigenvalue weighted by atomic mass is 16.4. The Morgan fingerprint density at radius 3 is 2.62 bits per heavy atom. The summed E-state index contributed by atoms with van der Waals surface area (Å²) in [5, 5.41) is 12.4. The van der Waals surface area contributed by atoms with Crippen LogP contribution in [0.25, 0.3) is 11.3 Å². The fraction of sp³-hybridized carbons (Fsp3) is 0.368. The van der Waals surface area contributed by atoms with Crippen LogP contribution < -0.4 is 5.32 Å². The highest BCUT2D eigenvalue weighted by Crippen LogP contribution is 2.34. The molecule has 2 atom stereocenters. The van der Waals surface area contributed by atoms with Crippen molar-refractivity contribution >= 4 is 11.9 Å². The van der Waals surface area contributed by atoms with Crippen molar-refractivity contribution in [2.75, 3.05) is 0 Å². The van der Waals surface area contributed by atoms with Gasteiger partial charge in [0.2, 0.25) is 0 Å². The van der Waals surface area contributed by atoms with Crippen LogP contribution >= 0.6 is 0 Å². The van der Waals surface area contributed by atoms with E-state index in [9.17, 15) is 14.7 Å². The van der Waals surface area contributed by atoms with E-state index in [1.165, 1.54) is 0 Å². The number of hydrogen-bond acceptors (Lipinski definition) is 2. The largest absolute Gasteiger partial charge is 0.481 e. The zero-order chi connectivity index (χ0) is 17.2. The summed E-state index contributed by atoms with van der Waals surface area (Å²) in [6.07, 6.45) is 3.11. The quantitative estimate of drug-likeness (QED) is 0.805. The Balaban J connectivity index is 1.77. The second-order valence-electron chi connectivity index (χ2n) is 6.66. The third-order valence-corrected chi connectivity index (χ3v) is 4.92. The van der Waals surface area contributed by atoms with Gasteiger partial charge in [-0.15, -0.1) is 0 Å². The first kappa shape index (κ1) is 16.3.